The van der Waals surface area contributed by atoms with Gasteiger partial charge in [-0.2, -0.15) is 0 Å². The van der Waals surface area contributed by atoms with Gasteiger partial charge in [-0.3, -0.25) is 4.79 Å². The Labute approximate surface area is 111 Å². The number of nitrogens with zero attached hydrogens (tertiary/aromatic N) is 1. The molecule has 1 aromatic carbocycles. The summed E-state index contributed by atoms with van der Waals surface area (Å²) in [5.41, 5.74) is 2.17. The number of allylic oxidation sites excluding steroid dienone is 4. The van der Waals surface area contributed by atoms with Crippen LogP contribution in [-0.2, 0) is 9.63 Å². The SMILES string of the molecule is CC1=CC(=NOC(=O)c2ccccc2)C(C)=CC1=O. The molecule has 96 valence electrons. The fourth-order valence-electron chi connectivity index (χ4n) is 1.59. The molecule has 0 fully saturated rings. The molecule has 1 aliphatic carbocycles. The van der Waals surface area contributed by atoms with E-state index in [-0.39, 0.29) is 5.78 Å². The second-order valence-electron chi connectivity index (χ2n) is 4.24. The van der Waals surface area contributed by atoms with Gasteiger partial charge in [0.2, 0.25) is 0 Å². The standard InChI is InChI=1S/C15H13NO3/c1-10-9-14(17)11(2)8-13(10)16-19-15(18)12-6-4-3-5-7-12/h3-9H,1-2H3. The molecule has 0 radical (unpaired) electrons. The van der Waals surface area contributed by atoms with E-state index in [1.165, 1.54) is 6.08 Å². The minimum absolute atomic E-state index is 0.0502. The molecule has 0 atom stereocenters. The first-order chi connectivity index (χ1) is 9.08. The Balaban J connectivity index is 2.14. The third kappa shape index (κ3) is 3.04. The van der Waals surface area contributed by atoms with Crippen LogP contribution >= 0.6 is 0 Å². The summed E-state index contributed by atoms with van der Waals surface area (Å²) in [7, 11) is 0. The lowest BCUT2D eigenvalue weighted by atomic mass is 9.99. The number of hydrogen-bond acceptors (Lipinski definition) is 4. The van der Waals surface area contributed by atoms with E-state index in [1.807, 2.05) is 6.07 Å². The quantitative estimate of drug-likeness (QED) is 0.464. The van der Waals surface area contributed by atoms with Crippen LogP contribution in [0.3, 0.4) is 0 Å². The summed E-state index contributed by atoms with van der Waals surface area (Å²) in [6, 6.07) is 8.61. The number of oxime groups is 1. The molecule has 0 bridgehead atoms. The normalized spacial score (nSPS) is 16.9. The molecule has 0 amide bonds. The summed E-state index contributed by atoms with van der Waals surface area (Å²) in [5.74, 6) is -0.574. The highest BCUT2D eigenvalue weighted by molar-refractivity contribution is 6.21. The van der Waals surface area contributed by atoms with Gasteiger partial charge in [0.1, 0.15) is 5.71 Å². The minimum atomic E-state index is -0.524. The lowest BCUT2D eigenvalue weighted by Crippen LogP contribution is -2.11. The van der Waals surface area contributed by atoms with Crippen molar-refractivity contribution in [1.82, 2.24) is 0 Å². The highest BCUT2D eigenvalue weighted by Crippen LogP contribution is 2.12. The molecule has 0 N–H and O–H groups in total. The number of carbonyl (C=O) groups excluding carboxylic acids is 2. The van der Waals surface area contributed by atoms with Crippen LogP contribution in [0.25, 0.3) is 0 Å². The third-order valence-corrected chi connectivity index (χ3v) is 2.73. The molecule has 0 aliphatic heterocycles. The summed E-state index contributed by atoms with van der Waals surface area (Å²) in [5, 5.41) is 3.80. The number of rotatable bonds is 2. The Morgan fingerprint density at radius 3 is 2.42 bits per heavy atom. The van der Waals surface area contributed by atoms with E-state index in [0.717, 1.165) is 0 Å². The molecule has 1 aromatic rings. The van der Waals surface area contributed by atoms with Gasteiger partial charge in [-0.25, -0.2) is 4.79 Å². The molecular formula is C15H13NO3. The molecule has 0 aromatic heterocycles. The molecule has 0 unspecified atom stereocenters. The zero-order valence-electron chi connectivity index (χ0n) is 10.7. The third-order valence-electron chi connectivity index (χ3n) is 2.73. The molecule has 1 aliphatic rings. The van der Waals surface area contributed by atoms with Crippen molar-refractivity contribution < 1.29 is 14.4 Å². The van der Waals surface area contributed by atoms with Crippen molar-refractivity contribution in [1.29, 1.82) is 0 Å². The van der Waals surface area contributed by atoms with Gasteiger partial charge in [0.15, 0.2) is 5.78 Å². The molecule has 0 heterocycles. The smallest absolute Gasteiger partial charge is 0.312 e. The molecule has 19 heavy (non-hydrogen) atoms. The van der Waals surface area contributed by atoms with Gasteiger partial charge in [0, 0.05) is 0 Å². The van der Waals surface area contributed by atoms with Crippen molar-refractivity contribution in [2.75, 3.05) is 0 Å². The molecule has 4 heteroatoms. The van der Waals surface area contributed by atoms with E-state index < -0.39 is 5.97 Å². The van der Waals surface area contributed by atoms with Crippen LogP contribution in [0.2, 0.25) is 0 Å². The van der Waals surface area contributed by atoms with E-state index in [4.69, 9.17) is 4.84 Å². The monoisotopic (exact) mass is 255 g/mol. The van der Waals surface area contributed by atoms with Crippen molar-refractivity contribution in [3.05, 3.63) is 59.2 Å². The highest BCUT2D eigenvalue weighted by atomic mass is 16.7. The minimum Gasteiger partial charge on any atom is -0.312 e. The molecule has 2 rings (SSSR count). The second kappa shape index (κ2) is 5.44. The Bertz CT molecular complexity index is 610. The summed E-state index contributed by atoms with van der Waals surface area (Å²) < 4.78 is 0. The maximum atomic E-state index is 11.7. The van der Waals surface area contributed by atoms with Crippen molar-refractivity contribution in [3.63, 3.8) is 0 Å². The largest absolute Gasteiger partial charge is 0.365 e. The average molecular weight is 255 g/mol. The topological polar surface area (TPSA) is 55.7 Å². The van der Waals surface area contributed by atoms with Crippen LogP contribution in [0, 0.1) is 0 Å². The lowest BCUT2D eigenvalue weighted by Gasteiger charge is -2.08. The van der Waals surface area contributed by atoms with Crippen LogP contribution in [0.5, 0.6) is 0 Å². The number of carbonyl (C=O) groups is 2. The van der Waals surface area contributed by atoms with Crippen molar-refractivity contribution >= 4 is 17.5 Å². The van der Waals surface area contributed by atoms with Gasteiger partial charge in [0.25, 0.3) is 0 Å². The van der Waals surface area contributed by atoms with Crippen LogP contribution < -0.4 is 0 Å². The van der Waals surface area contributed by atoms with Gasteiger partial charge in [-0.05, 0) is 49.3 Å². The highest BCUT2D eigenvalue weighted by Gasteiger charge is 2.14. The molecule has 0 saturated heterocycles. The summed E-state index contributed by atoms with van der Waals surface area (Å²) >= 11 is 0. The van der Waals surface area contributed by atoms with E-state index in [2.05, 4.69) is 5.16 Å². The Morgan fingerprint density at radius 1 is 1.05 bits per heavy atom. The fraction of sp³-hybridized carbons (Fsp3) is 0.133. The average Bonchev–Trinajstić information content (AvgIpc) is 2.42. The molecule has 0 spiro atoms. The Kier molecular flexibility index (Phi) is 3.71. The van der Waals surface area contributed by atoms with Gasteiger partial charge in [0.05, 0.1) is 5.56 Å². The zero-order chi connectivity index (χ0) is 13.8. The van der Waals surface area contributed by atoms with Gasteiger partial charge >= 0.3 is 5.97 Å². The summed E-state index contributed by atoms with van der Waals surface area (Å²) in [4.78, 5) is 28.0. The van der Waals surface area contributed by atoms with Crippen molar-refractivity contribution in [3.8, 4) is 0 Å². The predicted octanol–water partition coefficient (Wildman–Crippen LogP) is 2.67. The maximum Gasteiger partial charge on any atom is 0.365 e. The summed E-state index contributed by atoms with van der Waals surface area (Å²) in [6.07, 6.45) is 3.08. The van der Waals surface area contributed by atoms with Crippen molar-refractivity contribution in [2.45, 2.75) is 13.8 Å². The predicted molar refractivity (Wildman–Crippen MR) is 71.8 cm³/mol. The Morgan fingerprint density at radius 2 is 1.74 bits per heavy atom. The lowest BCUT2D eigenvalue weighted by molar-refractivity contribution is -0.111. The number of hydrogen-bond donors (Lipinski definition) is 0. The molecule has 4 nitrogen and oxygen atoms in total. The van der Waals surface area contributed by atoms with Crippen molar-refractivity contribution in [2.24, 2.45) is 5.16 Å². The maximum absolute atomic E-state index is 11.7. The second-order valence-corrected chi connectivity index (χ2v) is 4.24. The van der Waals surface area contributed by atoms with Crippen LogP contribution in [0.15, 0.2) is 58.8 Å². The fourth-order valence-corrected chi connectivity index (χ4v) is 1.59. The van der Waals surface area contributed by atoms with Crippen LogP contribution in [0.4, 0.5) is 0 Å². The van der Waals surface area contributed by atoms with Gasteiger partial charge in [-0.1, -0.05) is 23.4 Å². The van der Waals surface area contributed by atoms with E-state index in [9.17, 15) is 9.59 Å². The first kappa shape index (κ1) is 13.0. The van der Waals surface area contributed by atoms with Gasteiger partial charge < -0.3 is 4.84 Å². The van der Waals surface area contributed by atoms with Gasteiger partial charge in [-0.15, -0.1) is 0 Å². The molecular weight excluding hydrogens is 242 g/mol. The number of benzene rings is 1. The van der Waals surface area contributed by atoms with E-state index >= 15 is 0 Å². The Hall–Kier alpha value is -2.49. The summed E-state index contributed by atoms with van der Waals surface area (Å²) in [6.45, 7) is 3.44. The molecule has 0 saturated carbocycles. The zero-order valence-corrected chi connectivity index (χ0v) is 10.7. The van der Waals surface area contributed by atoms with E-state index in [0.29, 0.717) is 22.4 Å². The first-order valence-corrected chi connectivity index (χ1v) is 5.83. The number of ketones is 1. The van der Waals surface area contributed by atoms with Crippen LogP contribution in [0.1, 0.15) is 24.2 Å². The first-order valence-electron chi connectivity index (χ1n) is 5.83. The van der Waals surface area contributed by atoms with E-state index in [1.54, 1.807) is 44.2 Å². The van der Waals surface area contributed by atoms with Crippen LogP contribution in [-0.4, -0.2) is 17.5 Å².